The number of hydrogen-bond donors (Lipinski definition) is 2. The summed E-state index contributed by atoms with van der Waals surface area (Å²) < 4.78 is 5.14. The molecule has 0 bridgehead atoms. The van der Waals surface area contributed by atoms with E-state index >= 15 is 0 Å². The van der Waals surface area contributed by atoms with Crippen molar-refractivity contribution in [2.24, 2.45) is 5.92 Å². The van der Waals surface area contributed by atoms with E-state index in [1.165, 1.54) is 5.56 Å². The lowest BCUT2D eigenvalue weighted by atomic mass is 9.95. The third-order valence-corrected chi connectivity index (χ3v) is 4.16. The van der Waals surface area contributed by atoms with E-state index in [0.717, 1.165) is 38.1 Å². The Bertz CT molecular complexity index is 450. The zero-order valence-corrected chi connectivity index (χ0v) is 14.2. The molecule has 2 unspecified atom stereocenters. The number of benzene rings is 1. The Hall–Kier alpha value is -1.26. The fourth-order valence-corrected chi connectivity index (χ4v) is 2.75. The Kier molecular flexibility index (Phi) is 8.28. The highest BCUT2D eigenvalue weighted by atomic mass is 35.5. The zero-order chi connectivity index (χ0) is 15.1. The van der Waals surface area contributed by atoms with Gasteiger partial charge in [0.1, 0.15) is 5.75 Å². The number of carbonyl (C=O) groups excluding carboxylic acids is 1. The Labute approximate surface area is 139 Å². The Morgan fingerprint density at radius 1 is 1.36 bits per heavy atom. The second-order valence-electron chi connectivity index (χ2n) is 5.85. The summed E-state index contributed by atoms with van der Waals surface area (Å²) in [5.74, 6) is 1.57. The number of piperidine rings is 1. The third-order valence-electron chi connectivity index (χ3n) is 4.16. The van der Waals surface area contributed by atoms with Gasteiger partial charge in [0.2, 0.25) is 5.91 Å². The van der Waals surface area contributed by atoms with Crippen LogP contribution in [0.3, 0.4) is 0 Å². The van der Waals surface area contributed by atoms with Crippen molar-refractivity contribution in [3.63, 3.8) is 0 Å². The van der Waals surface area contributed by atoms with Gasteiger partial charge in [-0.15, -0.1) is 12.4 Å². The fraction of sp³-hybridized carbons (Fsp3) is 0.588. The summed E-state index contributed by atoms with van der Waals surface area (Å²) in [5.41, 5.74) is 1.25. The SMILES string of the molecule is COc1ccc(CCCC(=O)NC2CCNCC2C)cc1.Cl. The van der Waals surface area contributed by atoms with E-state index in [-0.39, 0.29) is 18.3 Å². The van der Waals surface area contributed by atoms with Crippen LogP contribution in [-0.2, 0) is 11.2 Å². The molecular formula is C17H27ClN2O2. The molecule has 5 heteroatoms. The summed E-state index contributed by atoms with van der Waals surface area (Å²) in [7, 11) is 1.67. The molecule has 4 nitrogen and oxygen atoms in total. The largest absolute Gasteiger partial charge is 0.497 e. The normalized spacial score (nSPS) is 20.8. The van der Waals surface area contributed by atoms with E-state index < -0.39 is 0 Å². The molecule has 0 spiro atoms. The van der Waals surface area contributed by atoms with Gasteiger partial charge in [-0.25, -0.2) is 0 Å². The van der Waals surface area contributed by atoms with Crippen LogP contribution in [0.5, 0.6) is 5.75 Å². The molecule has 1 heterocycles. The predicted octanol–water partition coefficient (Wildman–Crippen LogP) is 2.55. The molecule has 1 saturated heterocycles. The molecule has 0 radical (unpaired) electrons. The monoisotopic (exact) mass is 326 g/mol. The van der Waals surface area contributed by atoms with E-state index in [1.54, 1.807) is 7.11 Å². The number of rotatable bonds is 6. The van der Waals surface area contributed by atoms with Crippen molar-refractivity contribution in [1.82, 2.24) is 10.6 Å². The molecular weight excluding hydrogens is 300 g/mol. The number of hydrogen-bond acceptors (Lipinski definition) is 3. The van der Waals surface area contributed by atoms with E-state index in [9.17, 15) is 4.79 Å². The van der Waals surface area contributed by atoms with Crippen molar-refractivity contribution in [3.05, 3.63) is 29.8 Å². The van der Waals surface area contributed by atoms with Crippen molar-refractivity contribution in [2.75, 3.05) is 20.2 Å². The van der Waals surface area contributed by atoms with Gasteiger partial charge >= 0.3 is 0 Å². The fourth-order valence-electron chi connectivity index (χ4n) is 2.75. The maximum atomic E-state index is 12.0. The van der Waals surface area contributed by atoms with Crippen LogP contribution in [-0.4, -0.2) is 32.1 Å². The van der Waals surface area contributed by atoms with Crippen LogP contribution in [0.1, 0.15) is 31.7 Å². The van der Waals surface area contributed by atoms with Crippen molar-refractivity contribution < 1.29 is 9.53 Å². The molecule has 1 aliphatic rings. The number of amides is 1. The van der Waals surface area contributed by atoms with Gasteiger partial charge in [-0.05, 0) is 56.0 Å². The summed E-state index contributed by atoms with van der Waals surface area (Å²) >= 11 is 0. The lowest BCUT2D eigenvalue weighted by molar-refractivity contribution is -0.122. The van der Waals surface area contributed by atoms with E-state index in [1.807, 2.05) is 12.1 Å². The smallest absolute Gasteiger partial charge is 0.220 e. The van der Waals surface area contributed by atoms with Crippen LogP contribution in [0.2, 0.25) is 0 Å². The predicted molar refractivity (Wildman–Crippen MR) is 91.8 cm³/mol. The highest BCUT2D eigenvalue weighted by molar-refractivity contribution is 5.85. The van der Waals surface area contributed by atoms with Gasteiger partial charge in [0.15, 0.2) is 0 Å². The van der Waals surface area contributed by atoms with Gasteiger partial charge in [0.05, 0.1) is 7.11 Å². The van der Waals surface area contributed by atoms with Crippen LogP contribution in [0.25, 0.3) is 0 Å². The quantitative estimate of drug-likeness (QED) is 0.844. The molecule has 0 aliphatic carbocycles. The summed E-state index contributed by atoms with van der Waals surface area (Å²) in [6.45, 7) is 4.19. The van der Waals surface area contributed by atoms with Crippen LogP contribution >= 0.6 is 12.4 Å². The van der Waals surface area contributed by atoms with Gasteiger partial charge in [0, 0.05) is 12.5 Å². The second kappa shape index (κ2) is 9.70. The van der Waals surface area contributed by atoms with Gasteiger partial charge in [0.25, 0.3) is 0 Å². The lowest BCUT2D eigenvalue weighted by Crippen LogP contribution is -2.48. The minimum atomic E-state index is 0. The van der Waals surface area contributed by atoms with Crippen LogP contribution < -0.4 is 15.4 Å². The molecule has 2 N–H and O–H groups in total. The number of halogens is 1. The van der Waals surface area contributed by atoms with Crippen LogP contribution in [0.15, 0.2) is 24.3 Å². The van der Waals surface area contributed by atoms with Gasteiger partial charge in [-0.2, -0.15) is 0 Å². The van der Waals surface area contributed by atoms with E-state index in [2.05, 4.69) is 29.7 Å². The molecule has 1 aromatic carbocycles. The highest BCUT2D eigenvalue weighted by Gasteiger charge is 2.22. The molecule has 2 atom stereocenters. The number of aryl methyl sites for hydroxylation is 1. The Morgan fingerprint density at radius 2 is 2.09 bits per heavy atom. The molecule has 1 amide bonds. The number of methoxy groups -OCH3 is 1. The first-order chi connectivity index (χ1) is 10.2. The maximum absolute atomic E-state index is 12.0. The summed E-state index contributed by atoms with van der Waals surface area (Å²) in [6.07, 6.45) is 3.45. The Morgan fingerprint density at radius 3 is 2.73 bits per heavy atom. The second-order valence-corrected chi connectivity index (χ2v) is 5.85. The highest BCUT2D eigenvalue weighted by Crippen LogP contribution is 2.14. The molecule has 0 saturated carbocycles. The van der Waals surface area contributed by atoms with Crippen molar-refractivity contribution in [3.8, 4) is 5.75 Å². The average molecular weight is 327 g/mol. The van der Waals surface area contributed by atoms with Crippen molar-refractivity contribution >= 4 is 18.3 Å². The van der Waals surface area contributed by atoms with Crippen molar-refractivity contribution in [2.45, 2.75) is 38.6 Å². The average Bonchev–Trinajstić information content (AvgIpc) is 2.50. The summed E-state index contributed by atoms with van der Waals surface area (Å²) in [5, 5.41) is 6.52. The van der Waals surface area contributed by atoms with Crippen molar-refractivity contribution in [1.29, 1.82) is 0 Å². The summed E-state index contributed by atoms with van der Waals surface area (Å²) in [4.78, 5) is 12.0. The minimum Gasteiger partial charge on any atom is -0.497 e. The third kappa shape index (κ3) is 5.85. The number of nitrogens with one attached hydrogen (secondary N) is 2. The van der Waals surface area contributed by atoms with E-state index in [0.29, 0.717) is 18.4 Å². The summed E-state index contributed by atoms with van der Waals surface area (Å²) in [6, 6.07) is 8.38. The molecule has 22 heavy (non-hydrogen) atoms. The van der Waals surface area contributed by atoms with Crippen LogP contribution in [0, 0.1) is 5.92 Å². The van der Waals surface area contributed by atoms with Gasteiger partial charge in [-0.1, -0.05) is 19.1 Å². The first-order valence-electron chi connectivity index (χ1n) is 7.82. The molecule has 1 fully saturated rings. The number of ether oxygens (including phenoxy) is 1. The standard InChI is InChI=1S/C17H26N2O2.ClH/c1-13-12-18-11-10-16(13)19-17(20)5-3-4-14-6-8-15(21-2)9-7-14;/h6-9,13,16,18H,3-5,10-12H2,1-2H3,(H,19,20);1H. The molecule has 1 aromatic rings. The molecule has 1 aliphatic heterocycles. The first-order valence-corrected chi connectivity index (χ1v) is 7.82. The first kappa shape index (κ1) is 18.8. The minimum absolute atomic E-state index is 0. The topological polar surface area (TPSA) is 50.4 Å². The molecule has 124 valence electrons. The zero-order valence-electron chi connectivity index (χ0n) is 13.4. The van der Waals surface area contributed by atoms with E-state index in [4.69, 9.17) is 4.74 Å². The maximum Gasteiger partial charge on any atom is 0.220 e. The van der Waals surface area contributed by atoms with Gasteiger partial charge < -0.3 is 15.4 Å². The molecule has 2 rings (SSSR count). The van der Waals surface area contributed by atoms with Gasteiger partial charge in [-0.3, -0.25) is 4.79 Å². The van der Waals surface area contributed by atoms with Crippen LogP contribution in [0.4, 0.5) is 0 Å². The Balaban J connectivity index is 0.00000242. The lowest BCUT2D eigenvalue weighted by Gasteiger charge is -2.30. The molecule has 0 aromatic heterocycles. The number of carbonyl (C=O) groups is 1.